The molecule has 0 unspecified atom stereocenters. The zero-order valence-corrected chi connectivity index (χ0v) is 12.4. The molecule has 20 heavy (non-hydrogen) atoms. The van der Waals surface area contributed by atoms with Gasteiger partial charge in [-0.05, 0) is 32.8 Å². The maximum atomic E-state index is 12.2. The van der Waals surface area contributed by atoms with Gasteiger partial charge in [0, 0.05) is 19.0 Å². The van der Waals surface area contributed by atoms with E-state index < -0.39 is 5.97 Å². The summed E-state index contributed by atoms with van der Waals surface area (Å²) in [7, 11) is 0. The highest BCUT2D eigenvalue weighted by atomic mass is 16.4. The third kappa shape index (κ3) is 5.43. The number of hydrogen-bond donors (Lipinski definition) is 1. The van der Waals surface area contributed by atoms with Crippen LogP contribution in [-0.4, -0.2) is 34.5 Å². The highest BCUT2D eigenvalue weighted by Crippen LogP contribution is 2.10. The molecule has 4 nitrogen and oxygen atoms in total. The largest absolute Gasteiger partial charge is 0.481 e. The monoisotopic (exact) mass is 277 g/mol. The third-order valence-corrected chi connectivity index (χ3v) is 3.22. The molecule has 0 saturated heterocycles. The van der Waals surface area contributed by atoms with Crippen LogP contribution < -0.4 is 0 Å². The van der Waals surface area contributed by atoms with Crippen molar-refractivity contribution in [3.8, 4) is 0 Å². The fourth-order valence-electron chi connectivity index (χ4n) is 2.15. The highest BCUT2D eigenvalue weighted by molar-refractivity contribution is 5.77. The summed E-state index contributed by atoms with van der Waals surface area (Å²) in [5.74, 6) is -0.857. The van der Waals surface area contributed by atoms with E-state index in [2.05, 4.69) is 6.07 Å². The number of carboxylic acid groups (broad SMARTS) is 1. The van der Waals surface area contributed by atoms with Crippen molar-refractivity contribution >= 4 is 11.9 Å². The minimum atomic E-state index is -0.873. The first kappa shape index (κ1) is 16.2. The lowest BCUT2D eigenvalue weighted by atomic mass is 10.1. The summed E-state index contributed by atoms with van der Waals surface area (Å²) in [6.45, 7) is 6.12. The highest BCUT2D eigenvalue weighted by Gasteiger charge is 2.17. The predicted octanol–water partition coefficient (Wildman–Crippen LogP) is 2.64. The van der Waals surface area contributed by atoms with Crippen molar-refractivity contribution in [2.75, 3.05) is 6.54 Å². The molecular weight excluding hydrogens is 254 g/mol. The molecule has 0 fully saturated rings. The molecule has 1 N–H and O–H groups in total. The Labute approximate surface area is 120 Å². The smallest absolute Gasteiger partial charge is 0.305 e. The number of aryl methyl sites for hydroxylation is 2. The predicted molar refractivity (Wildman–Crippen MR) is 78.6 cm³/mol. The van der Waals surface area contributed by atoms with Crippen LogP contribution in [0, 0.1) is 6.92 Å². The van der Waals surface area contributed by atoms with Crippen LogP contribution in [-0.2, 0) is 16.0 Å². The molecule has 0 aliphatic carbocycles. The summed E-state index contributed by atoms with van der Waals surface area (Å²) < 4.78 is 0. The topological polar surface area (TPSA) is 57.6 Å². The molecule has 110 valence electrons. The van der Waals surface area contributed by atoms with Gasteiger partial charge in [-0.3, -0.25) is 9.59 Å². The Hall–Kier alpha value is -1.84. The third-order valence-electron chi connectivity index (χ3n) is 3.22. The maximum absolute atomic E-state index is 12.2. The van der Waals surface area contributed by atoms with Gasteiger partial charge in [-0.25, -0.2) is 0 Å². The average Bonchev–Trinajstić information content (AvgIpc) is 2.36. The van der Waals surface area contributed by atoms with E-state index in [1.807, 2.05) is 39.0 Å². The minimum Gasteiger partial charge on any atom is -0.481 e. The van der Waals surface area contributed by atoms with Gasteiger partial charge in [0.25, 0.3) is 0 Å². The number of carboxylic acids is 1. The van der Waals surface area contributed by atoms with E-state index in [4.69, 9.17) is 5.11 Å². The zero-order chi connectivity index (χ0) is 15.1. The molecule has 0 aliphatic heterocycles. The Bertz CT molecular complexity index is 469. The second-order valence-electron chi connectivity index (χ2n) is 5.31. The molecule has 0 atom stereocenters. The Morgan fingerprint density at radius 1 is 1.25 bits per heavy atom. The van der Waals surface area contributed by atoms with E-state index in [1.54, 1.807) is 4.90 Å². The lowest BCUT2D eigenvalue weighted by molar-refractivity contribution is -0.139. The molecule has 1 aromatic carbocycles. The van der Waals surface area contributed by atoms with Crippen molar-refractivity contribution in [3.05, 3.63) is 35.4 Å². The van der Waals surface area contributed by atoms with Crippen LogP contribution in [0.4, 0.5) is 0 Å². The van der Waals surface area contributed by atoms with Gasteiger partial charge in [0.05, 0.1) is 6.42 Å². The second kappa shape index (κ2) is 7.68. The molecule has 1 aromatic rings. The number of hydrogen-bond acceptors (Lipinski definition) is 2. The zero-order valence-electron chi connectivity index (χ0n) is 12.4. The number of rotatable bonds is 7. The molecule has 4 heteroatoms. The quantitative estimate of drug-likeness (QED) is 0.833. The van der Waals surface area contributed by atoms with Crippen molar-refractivity contribution < 1.29 is 14.7 Å². The van der Waals surface area contributed by atoms with Crippen molar-refractivity contribution in [2.45, 2.75) is 46.1 Å². The van der Waals surface area contributed by atoms with Crippen LogP contribution in [0.3, 0.4) is 0 Å². The number of benzene rings is 1. The fraction of sp³-hybridized carbons (Fsp3) is 0.500. The summed E-state index contributed by atoms with van der Waals surface area (Å²) in [5, 5.41) is 8.73. The molecular formula is C16H23NO3. The second-order valence-corrected chi connectivity index (χ2v) is 5.31. The maximum Gasteiger partial charge on any atom is 0.305 e. The Balaban J connectivity index is 2.55. The summed E-state index contributed by atoms with van der Waals surface area (Å²) in [5.41, 5.74) is 2.32. The van der Waals surface area contributed by atoms with Crippen molar-refractivity contribution in [3.63, 3.8) is 0 Å². The molecule has 0 heterocycles. The Morgan fingerprint density at radius 3 is 2.50 bits per heavy atom. The number of amides is 1. The van der Waals surface area contributed by atoms with Gasteiger partial charge in [-0.1, -0.05) is 29.8 Å². The van der Waals surface area contributed by atoms with Gasteiger partial charge in [-0.2, -0.15) is 0 Å². The number of carbonyl (C=O) groups excluding carboxylic acids is 1. The first-order valence-corrected chi connectivity index (χ1v) is 6.97. The van der Waals surface area contributed by atoms with E-state index in [0.717, 1.165) is 5.56 Å². The van der Waals surface area contributed by atoms with Gasteiger partial charge in [-0.15, -0.1) is 0 Å². The molecule has 0 radical (unpaired) electrons. The van der Waals surface area contributed by atoms with Gasteiger partial charge in [0.1, 0.15) is 0 Å². The van der Waals surface area contributed by atoms with E-state index in [9.17, 15) is 9.59 Å². The molecule has 0 bridgehead atoms. The summed E-state index contributed by atoms with van der Waals surface area (Å²) >= 11 is 0. The van der Waals surface area contributed by atoms with Crippen LogP contribution in [0.25, 0.3) is 0 Å². The molecule has 0 aliphatic rings. The lowest BCUT2D eigenvalue weighted by Gasteiger charge is -2.26. The molecule has 1 amide bonds. The van der Waals surface area contributed by atoms with E-state index in [1.165, 1.54) is 5.56 Å². The SMILES string of the molecule is Cc1cccc(CCC(=O)N(CCC(=O)O)C(C)C)c1. The van der Waals surface area contributed by atoms with Crippen LogP contribution >= 0.6 is 0 Å². The van der Waals surface area contributed by atoms with Crippen LogP contribution in [0.2, 0.25) is 0 Å². The molecule has 0 saturated carbocycles. The first-order chi connectivity index (χ1) is 9.40. The Kier molecular flexibility index (Phi) is 6.22. The summed E-state index contributed by atoms with van der Waals surface area (Å²) in [6.07, 6.45) is 1.10. The first-order valence-electron chi connectivity index (χ1n) is 6.97. The molecule has 1 rings (SSSR count). The average molecular weight is 277 g/mol. The Morgan fingerprint density at radius 2 is 1.95 bits per heavy atom. The van der Waals surface area contributed by atoms with E-state index in [-0.39, 0.29) is 24.9 Å². The minimum absolute atomic E-state index is 0.00559. The standard InChI is InChI=1S/C16H23NO3/c1-12(2)17(10-9-16(19)20)15(18)8-7-14-6-4-5-13(3)11-14/h4-6,11-12H,7-10H2,1-3H3,(H,19,20). The normalized spacial score (nSPS) is 10.6. The fourth-order valence-corrected chi connectivity index (χ4v) is 2.15. The van der Waals surface area contributed by atoms with Crippen LogP contribution in [0.1, 0.15) is 37.8 Å². The van der Waals surface area contributed by atoms with Crippen LogP contribution in [0.5, 0.6) is 0 Å². The van der Waals surface area contributed by atoms with E-state index in [0.29, 0.717) is 12.8 Å². The van der Waals surface area contributed by atoms with Gasteiger partial charge >= 0.3 is 5.97 Å². The van der Waals surface area contributed by atoms with Crippen molar-refractivity contribution in [1.82, 2.24) is 4.90 Å². The summed E-state index contributed by atoms with van der Waals surface area (Å²) in [4.78, 5) is 24.5. The van der Waals surface area contributed by atoms with Crippen LogP contribution in [0.15, 0.2) is 24.3 Å². The molecule has 0 spiro atoms. The van der Waals surface area contributed by atoms with Gasteiger partial charge < -0.3 is 10.0 Å². The van der Waals surface area contributed by atoms with E-state index >= 15 is 0 Å². The number of carbonyl (C=O) groups is 2. The lowest BCUT2D eigenvalue weighted by Crippen LogP contribution is -2.38. The number of nitrogens with zero attached hydrogens (tertiary/aromatic N) is 1. The van der Waals surface area contributed by atoms with Gasteiger partial charge in [0.2, 0.25) is 5.91 Å². The summed E-state index contributed by atoms with van der Waals surface area (Å²) in [6, 6.07) is 8.12. The molecule has 0 aromatic heterocycles. The van der Waals surface area contributed by atoms with Crippen molar-refractivity contribution in [2.24, 2.45) is 0 Å². The van der Waals surface area contributed by atoms with Crippen molar-refractivity contribution in [1.29, 1.82) is 0 Å². The van der Waals surface area contributed by atoms with Gasteiger partial charge in [0.15, 0.2) is 0 Å². The number of aliphatic carboxylic acids is 1.